The van der Waals surface area contributed by atoms with Gasteiger partial charge in [-0.2, -0.15) is 9.40 Å². The lowest BCUT2D eigenvalue weighted by Crippen LogP contribution is -2.47. The number of carbonyl (C=O) groups excluding carboxylic acids is 1. The van der Waals surface area contributed by atoms with E-state index in [1.165, 1.54) is 36.2 Å². The van der Waals surface area contributed by atoms with Gasteiger partial charge in [0, 0.05) is 33.2 Å². The highest BCUT2D eigenvalue weighted by atomic mass is 32.2. The summed E-state index contributed by atoms with van der Waals surface area (Å²) in [6.07, 6.45) is 12.0. The molecule has 7 nitrogen and oxygen atoms in total. The minimum Gasteiger partial charge on any atom is -0.342 e. The van der Waals surface area contributed by atoms with E-state index in [4.69, 9.17) is 0 Å². The largest absolute Gasteiger partial charge is 0.342 e. The van der Waals surface area contributed by atoms with Crippen molar-refractivity contribution in [2.45, 2.75) is 89.9 Å². The Balaban J connectivity index is 2.06. The number of amides is 1. The highest BCUT2D eigenvalue weighted by Gasteiger charge is 2.36. The molecule has 0 saturated carbocycles. The third kappa shape index (κ3) is 7.04. The number of rotatable bonds is 13. The molecule has 1 aromatic heterocycles. The molecular formula is C23H42N4O3S. The fraction of sp³-hybridized carbons (Fsp3) is 0.826. The Morgan fingerprint density at radius 1 is 1.10 bits per heavy atom. The third-order valence-electron chi connectivity index (χ3n) is 6.42. The molecule has 0 spiro atoms. The normalized spacial score (nSPS) is 17.7. The molecule has 1 amide bonds. The summed E-state index contributed by atoms with van der Waals surface area (Å²) < 4.78 is 29.5. The van der Waals surface area contributed by atoms with Gasteiger partial charge in [0.25, 0.3) is 0 Å². The maximum Gasteiger partial charge on any atom is 0.246 e. The Labute approximate surface area is 189 Å². The lowest BCUT2D eigenvalue weighted by molar-refractivity contribution is -0.136. The molecule has 0 N–H and O–H groups in total. The van der Waals surface area contributed by atoms with Crippen LogP contribution in [0.4, 0.5) is 0 Å². The second kappa shape index (κ2) is 12.6. The number of unbranched alkanes of at least 4 members (excludes halogenated alkanes) is 6. The molecule has 2 heterocycles. The van der Waals surface area contributed by atoms with Crippen molar-refractivity contribution in [2.75, 3.05) is 26.2 Å². The Bertz CT molecular complexity index is 779. The van der Waals surface area contributed by atoms with Gasteiger partial charge in [0.05, 0.1) is 17.8 Å². The molecular weight excluding hydrogens is 412 g/mol. The van der Waals surface area contributed by atoms with Crippen molar-refractivity contribution in [2.24, 2.45) is 13.0 Å². The second-order valence-corrected chi connectivity index (χ2v) is 10.8. The second-order valence-electron chi connectivity index (χ2n) is 8.87. The van der Waals surface area contributed by atoms with Gasteiger partial charge in [-0.05, 0) is 32.6 Å². The van der Waals surface area contributed by atoms with Crippen molar-refractivity contribution in [3.8, 4) is 0 Å². The number of piperidine rings is 1. The minimum absolute atomic E-state index is 0.135. The fourth-order valence-electron chi connectivity index (χ4n) is 4.28. The highest BCUT2D eigenvalue weighted by molar-refractivity contribution is 7.89. The lowest BCUT2D eigenvalue weighted by Gasteiger charge is -2.34. The first-order valence-electron chi connectivity index (χ1n) is 12.1. The van der Waals surface area contributed by atoms with Crippen LogP contribution in [0, 0.1) is 12.8 Å². The van der Waals surface area contributed by atoms with Crippen molar-refractivity contribution in [3.05, 3.63) is 11.9 Å². The van der Waals surface area contributed by atoms with Crippen LogP contribution in [0.1, 0.15) is 83.7 Å². The number of aromatic nitrogens is 2. The van der Waals surface area contributed by atoms with E-state index >= 15 is 0 Å². The van der Waals surface area contributed by atoms with Gasteiger partial charge in [-0.15, -0.1) is 0 Å². The monoisotopic (exact) mass is 454 g/mol. The van der Waals surface area contributed by atoms with Crippen LogP contribution >= 0.6 is 0 Å². The van der Waals surface area contributed by atoms with Crippen molar-refractivity contribution >= 4 is 15.9 Å². The smallest absolute Gasteiger partial charge is 0.246 e. The van der Waals surface area contributed by atoms with Crippen molar-refractivity contribution in [3.63, 3.8) is 0 Å². The number of hydrogen-bond acceptors (Lipinski definition) is 4. The molecule has 1 atom stereocenters. The third-order valence-corrected chi connectivity index (χ3v) is 8.38. The van der Waals surface area contributed by atoms with Crippen molar-refractivity contribution in [1.29, 1.82) is 0 Å². The average Bonchev–Trinajstić information content (AvgIpc) is 3.11. The number of carbonyl (C=O) groups is 1. The van der Waals surface area contributed by atoms with Crippen LogP contribution in [0.25, 0.3) is 0 Å². The van der Waals surface area contributed by atoms with Crippen molar-refractivity contribution in [1.82, 2.24) is 19.0 Å². The van der Waals surface area contributed by atoms with E-state index in [-0.39, 0.29) is 23.3 Å². The molecule has 0 aromatic carbocycles. The molecule has 1 aliphatic rings. The molecule has 0 bridgehead atoms. The Morgan fingerprint density at radius 2 is 1.71 bits per heavy atom. The lowest BCUT2D eigenvalue weighted by atomic mass is 9.97. The van der Waals surface area contributed by atoms with Gasteiger partial charge in [0.2, 0.25) is 15.9 Å². The Hall–Kier alpha value is -1.41. The average molecular weight is 455 g/mol. The van der Waals surface area contributed by atoms with E-state index in [0.717, 1.165) is 45.2 Å². The molecule has 0 aliphatic carbocycles. The molecule has 1 aromatic rings. The van der Waals surface area contributed by atoms with E-state index in [1.54, 1.807) is 18.7 Å². The van der Waals surface area contributed by atoms with Crippen LogP contribution < -0.4 is 0 Å². The molecule has 1 unspecified atom stereocenters. The molecule has 8 heteroatoms. The molecule has 1 fully saturated rings. The molecule has 1 aliphatic heterocycles. The first-order valence-corrected chi connectivity index (χ1v) is 13.5. The summed E-state index contributed by atoms with van der Waals surface area (Å²) in [6.45, 7) is 8.46. The topological polar surface area (TPSA) is 75.5 Å². The van der Waals surface area contributed by atoms with Crippen LogP contribution in [-0.4, -0.2) is 59.5 Å². The van der Waals surface area contributed by atoms with Crippen LogP contribution in [0.15, 0.2) is 11.1 Å². The SMILES string of the molecule is CCCCCCN(CCCCCC)C(=O)C1CCCN(S(=O)(=O)c2cnn(C)c2C)C1. The summed E-state index contributed by atoms with van der Waals surface area (Å²) >= 11 is 0. The highest BCUT2D eigenvalue weighted by Crippen LogP contribution is 2.26. The maximum absolute atomic E-state index is 13.4. The first kappa shape index (κ1) is 25.8. The predicted octanol–water partition coefficient (Wildman–Crippen LogP) is 4.12. The van der Waals surface area contributed by atoms with E-state index in [2.05, 4.69) is 18.9 Å². The summed E-state index contributed by atoms with van der Waals surface area (Å²) in [5, 5.41) is 4.09. The van der Waals surface area contributed by atoms with Gasteiger partial charge in [0.15, 0.2) is 0 Å². The Morgan fingerprint density at radius 3 is 2.23 bits per heavy atom. The van der Waals surface area contributed by atoms with Crippen molar-refractivity contribution < 1.29 is 13.2 Å². The van der Waals surface area contributed by atoms with Crippen LogP contribution in [0.2, 0.25) is 0 Å². The number of aryl methyl sites for hydroxylation is 1. The summed E-state index contributed by atoms with van der Waals surface area (Å²) in [6, 6.07) is 0. The quantitative estimate of drug-likeness (QED) is 0.420. The number of sulfonamides is 1. The summed E-state index contributed by atoms with van der Waals surface area (Å²) in [5.74, 6) is -0.117. The van der Waals surface area contributed by atoms with Crippen LogP contribution in [0.3, 0.4) is 0 Å². The minimum atomic E-state index is -3.63. The van der Waals surface area contributed by atoms with Crippen LogP contribution in [-0.2, 0) is 21.9 Å². The van der Waals surface area contributed by atoms with Gasteiger partial charge >= 0.3 is 0 Å². The van der Waals surface area contributed by atoms with Gasteiger partial charge in [-0.25, -0.2) is 8.42 Å². The first-order chi connectivity index (χ1) is 14.8. The molecule has 0 radical (unpaired) electrons. The van der Waals surface area contributed by atoms with Gasteiger partial charge < -0.3 is 4.90 Å². The van der Waals surface area contributed by atoms with Crippen LogP contribution in [0.5, 0.6) is 0 Å². The van der Waals surface area contributed by atoms with Gasteiger partial charge in [0.1, 0.15) is 4.90 Å². The molecule has 2 rings (SSSR count). The van der Waals surface area contributed by atoms with E-state index in [1.807, 2.05) is 4.90 Å². The van der Waals surface area contributed by atoms with E-state index in [9.17, 15) is 13.2 Å². The molecule has 178 valence electrons. The zero-order chi connectivity index (χ0) is 22.9. The zero-order valence-corrected chi connectivity index (χ0v) is 20.8. The number of hydrogen-bond donors (Lipinski definition) is 0. The van der Waals surface area contributed by atoms with E-state index < -0.39 is 10.0 Å². The summed E-state index contributed by atoms with van der Waals surface area (Å²) in [7, 11) is -1.89. The Kier molecular flexibility index (Phi) is 10.5. The summed E-state index contributed by atoms with van der Waals surface area (Å²) in [5.41, 5.74) is 0.627. The number of nitrogens with zero attached hydrogens (tertiary/aromatic N) is 4. The maximum atomic E-state index is 13.4. The molecule has 1 saturated heterocycles. The fourth-order valence-corrected chi connectivity index (χ4v) is 5.99. The van der Waals surface area contributed by atoms with Gasteiger partial charge in [-0.3, -0.25) is 9.48 Å². The standard InChI is InChI=1S/C23H42N4O3S/c1-5-7-9-11-15-26(16-12-10-8-6-2)23(28)21-14-13-17-27(19-21)31(29,30)22-18-24-25(4)20(22)3/h18,21H,5-17,19H2,1-4H3. The molecule has 31 heavy (non-hydrogen) atoms. The predicted molar refractivity (Wildman–Crippen MR) is 124 cm³/mol. The zero-order valence-electron chi connectivity index (χ0n) is 20.0. The summed E-state index contributed by atoms with van der Waals surface area (Å²) in [4.78, 5) is 15.7. The van der Waals surface area contributed by atoms with Gasteiger partial charge in [-0.1, -0.05) is 52.4 Å². The van der Waals surface area contributed by atoms with E-state index in [0.29, 0.717) is 18.7 Å².